The average Bonchev–Trinajstić information content (AvgIpc) is 2.66. The summed E-state index contributed by atoms with van der Waals surface area (Å²) in [6, 6.07) is 2.26. The van der Waals surface area contributed by atoms with E-state index in [9.17, 15) is 0 Å². The Morgan fingerprint density at radius 1 is 1.25 bits per heavy atom. The van der Waals surface area contributed by atoms with Crippen molar-refractivity contribution in [3.05, 3.63) is 17.5 Å². The summed E-state index contributed by atoms with van der Waals surface area (Å²) in [7, 11) is 2.06. The van der Waals surface area contributed by atoms with E-state index in [1.165, 1.54) is 11.4 Å². The molecule has 0 saturated carbocycles. The standard InChI is InChI=1S/C17H33N3/c1-9-14-10-15(20(8)19-14)11-17(7,13(2)3)12-18-16(4,5)6/h10,13,18H,9,11-12H2,1-8H3. The summed E-state index contributed by atoms with van der Waals surface area (Å²) < 4.78 is 2.05. The second-order valence-electron chi connectivity index (χ2n) is 7.69. The fraction of sp³-hybridized carbons (Fsp3) is 0.824. The third kappa shape index (κ3) is 4.62. The molecule has 1 N–H and O–H groups in total. The Morgan fingerprint density at radius 3 is 2.25 bits per heavy atom. The first-order chi connectivity index (χ1) is 9.07. The molecule has 0 saturated heterocycles. The van der Waals surface area contributed by atoms with Gasteiger partial charge in [-0.15, -0.1) is 0 Å². The summed E-state index contributed by atoms with van der Waals surface area (Å²) in [5, 5.41) is 8.25. The number of aromatic nitrogens is 2. The molecule has 0 spiro atoms. The van der Waals surface area contributed by atoms with Gasteiger partial charge < -0.3 is 5.32 Å². The number of rotatable bonds is 6. The van der Waals surface area contributed by atoms with Gasteiger partial charge in [0.15, 0.2) is 0 Å². The number of nitrogens with zero attached hydrogens (tertiary/aromatic N) is 2. The molecule has 0 aliphatic rings. The van der Waals surface area contributed by atoms with Gasteiger partial charge in [-0.3, -0.25) is 4.68 Å². The molecule has 1 aromatic heterocycles. The van der Waals surface area contributed by atoms with Gasteiger partial charge in [0.05, 0.1) is 5.69 Å². The minimum Gasteiger partial charge on any atom is -0.312 e. The minimum atomic E-state index is 0.164. The van der Waals surface area contributed by atoms with Crippen molar-refractivity contribution in [3.8, 4) is 0 Å². The molecule has 20 heavy (non-hydrogen) atoms. The van der Waals surface area contributed by atoms with E-state index in [0.29, 0.717) is 5.92 Å². The lowest BCUT2D eigenvalue weighted by atomic mass is 9.75. The van der Waals surface area contributed by atoms with Gasteiger partial charge in [-0.1, -0.05) is 27.7 Å². The smallest absolute Gasteiger partial charge is 0.0624 e. The molecule has 0 aromatic carbocycles. The molecule has 3 nitrogen and oxygen atoms in total. The van der Waals surface area contributed by atoms with Crippen LogP contribution in [-0.4, -0.2) is 21.9 Å². The molecule has 1 rings (SSSR count). The highest BCUT2D eigenvalue weighted by atomic mass is 15.3. The van der Waals surface area contributed by atoms with Crippen LogP contribution in [0.5, 0.6) is 0 Å². The highest BCUT2D eigenvalue weighted by molar-refractivity contribution is 5.12. The summed E-state index contributed by atoms with van der Waals surface area (Å²) in [5.41, 5.74) is 2.94. The Balaban J connectivity index is 2.87. The van der Waals surface area contributed by atoms with E-state index in [1.807, 2.05) is 0 Å². The zero-order valence-electron chi connectivity index (χ0n) is 14.7. The molecule has 0 aliphatic carbocycles. The van der Waals surface area contributed by atoms with Crippen LogP contribution in [0.15, 0.2) is 6.07 Å². The van der Waals surface area contributed by atoms with Crippen molar-refractivity contribution >= 4 is 0 Å². The predicted octanol–water partition coefficient (Wildman–Crippen LogP) is 3.58. The largest absolute Gasteiger partial charge is 0.312 e. The molecular formula is C17H33N3. The van der Waals surface area contributed by atoms with E-state index in [1.54, 1.807) is 0 Å². The Labute approximate surface area is 125 Å². The molecule has 0 radical (unpaired) electrons. The third-order valence-electron chi connectivity index (χ3n) is 4.39. The number of hydrogen-bond donors (Lipinski definition) is 1. The van der Waals surface area contributed by atoms with Gasteiger partial charge in [0.25, 0.3) is 0 Å². The Bertz CT molecular complexity index is 426. The highest BCUT2D eigenvalue weighted by Gasteiger charge is 2.31. The molecule has 0 amide bonds. The number of aryl methyl sites for hydroxylation is 2. The van der Waals surface area contributed by atoms with Crippen molar-refractivity contribution in [3.63, 3.8) is 0 Å². The molecule has 1 unspecified atom stereocenters. The van der Waals surface area contributed by atoms with Crippen LogP contribution in [0.3, 0.4) is 0 Å². The fourth-order valence-corrected chi connectivity index (χ4v) is 2.26. The highest BCUT2D eigenvalue weighted by Crippen LogP contribution is 2.31. The topological polar surface area (TPSA) is 29.9 Å². The Kier molecular flexibility index (Phi) is 5.42. The molecule has 1 heterocycles. The van der Waals surface area contributed by atoms with Crippen LogP contribution in [0.2, 0.25) is 0 Å². The molecule has 3 heteroatoms. The molecule has 1 aromatic rings. The zero-order chi connectivity index (χ0) is 15.6. The van der Waals surface area contributed by atoms with E-state index < -0.39 is 0 Å². The van der Waals surface area contributed by atoms with Crippen LogP contribution in [0.4, 0.5) is 0 Å². The lowest BCUT2D eigenvalue weighted by Gasteiger charge is -2.37. The minimum absolute atomic E-state index is 0.164. The maximum absolute atomic E-state index is 4.58. The average molecular weight is 279 g/mol. The Hall–Kier alpha value is -0.830. The van der Waals surface area contributed by atoms with E-state index in [0.717, 1.165) is 19.4 Å². The first-order valence-corrected chi connectivity index (χ1v) is 7.84. The van der Waals surface area contributed by atoms with Gasteiger partial charge in [0.1, 0.15) is 0 Å². The van der Waals surface area contributed by atoms with Crippen molar-refractivity contribution in [1.29, 1.82) is 0 Å². The van der Waals surface area contributed by atoms with Crippen LogP contribution in [0.25, 0.3) is 0 Å². The maximum atomic E-state index is 4.58. The van der Waals surface area contributed by atoms with Crippen LogP contribution < -0.4 is 5.32 Å². The van der Waals surface area contributed by atoms with Crippen LogP contribution in [0.1, 0.15) is 59.9 Å². The second-order valence-corrected chi connectivity index (χ2v) is 7.69. The van der Waals surface area contributed by atoms with Gasteiger partial charge in [0, 0.05) is 24.8 Å². The molecule has 116 valence electrons. The monoisotopic (exact) mass is 279 g/mol. The zero-order valence-corrected chi connectivity index (χ0v) is 14.7. The lowest BCUT2D eigenvalue weighted by molar-refractivity contribution is 0.184. The lowest BCUT2D eigenvalue weighted by Crippen LogP contribution is -2.46. The van der Waals surface area contributed by atoms with Crippen molar-refractivity contribution in [2.75, 3.05) is 6.54 Å². The molecule has 0 aliphatic heterocycles. The fourth-order valence-electron chi connectivity index (χ4n) is 2.26. The SMILES string of the molecule is CCc1cc(CC(C)(CNC(C)(C)C)C(C)C)n(C)n1. The van der Waals surface area contributed by atoms with Crippen molar-refractivity contribution < 1.29 is 0 Å². The van der Waals surface area contributed by atoms with Crippen molar-refractivity contribution in [2.24, 2.45) is 18.4 Å². The van der Waals surface area contributed by atoms with Gasteiger partial charge in [-0.05, 0) is 51.0 Å². The van der Waals surface area contributed by atoms with E-state index in [4.69, 9.17) is 0 Å². The summed E-state index contributed by atoms with van der Waals surface area (Å²) in [6.07, 6.45) is 2.07. The van der Waals surface area contributed by atoms with Crippen molar-refractivity contribution in [1.82, 2.24) is 15.1 Å². The second kappa shape index (κ2) is 6.30. The van der Waals surface area contributed by atoms with E-state index in [2.05, 4.69) is 76.7 Å². The normalized spacial score (nSPS) is 15.7. The number of nitrogens with one attached hydrogen (secondary N) is 1. The maximum Gasteiger partial charge on any atom is 0.0624 e. The van der Waals surface area contributed by atoms with Gasteiger partial charge >= 0.3 is 0 Å². The summed E-state index contributed by atoms with van der Waals surface area (Å²) in [5.74, 6) is 0.623. The summed E-state index contributed by atoms with van der Waals surface area (Å²) in [6.45, 7) is 16.9. The van der Waals surface area contributed by atoms with E-state index >= 15 is 0 Å². The van der Waals surface area contributed by atoms with Crippen LogP contribution in [-0.2, 0) is 19.9 Å². The van der Waals surface area contributed by atoms with Gasteiger partial charge in [-0.2, -0.15) is 5.10 Å². The third-order valence-corrected chi connectivity index (χ3v) is 4.39. The van der Waals surface area contributed by atoms with Crippen LogP contribution in [0, 0.1) is 11.3 Å². The van der Waals surface area contributed by atoms with Crippen molar-refractivity contribution in [2.45, 2.75) is 66.8 Å². The summed E-state index contributed by atoms with van der Waals surface area (Å²) >= 11 is 0. The first kappa shape index (κ1) is 17.2. The van der Waals surface area contributed by atoms with Gasteiger partial charge in [-0.25, -0.2) is 0 Å². The molecule has 0 fully saturated rings. The van der Waals surface area contributed by atoms with Crippen LogP contribution >= 0.6 is 0 Å². The molecular weight excluding hydrogens is 246 g/mol. The quantitative estimate of drug-likeness (QED) is 0.862. The Morgan fingerprint density at radius 2 is 1.85 bits per heavy atom. The first-order valence-electron chi connectivity index (χ1n) is 7.84. The molecule has 1 atom stereocenters. The molecule has 0 bridgehead atoms. The van der Waals surface area contributed by atoms with E-state index in [-0.39, 0.29) is 11.0 Å². The van der Waals surface area contributed by atoms with Gasteiger partial charge in [0.2, 0.25) is 0 Å². The predicted molar refractivity (Wildman–Crippen MR) is 87.0 cm³/mol. The number of hydrogen-bond acceptors (Lipinski definition) is 2. The summed E-state index contributed by atoms with van der Waals surface area (Å²) in [4.78, 5) is 0.